The lowest BCUT2D eigenvalue weighted by atomic mass is 10.1. The average molecular weight is 305 g/mol. The van der Waals surface area contributed by atoms with E-state index in [9.17, 15) is 14.7 Å². The molecule has 22 heavy (non-hydrogen) atoms. The van der Waals surface area contributed by atoms with E-state index in [1.807, 2.05) is 12.2 Å². The summed E-state index contributed by atoms with van der Waals surface area (Å²) in [6, 6.07) is -0.959. The van der Waals surface area contributed by atoms with Crippen LogP contribution in [0.2, 0.25) is 0 Å². The molecule has 0 aromatic rings. The summed E-state index contributed by atoms with van der Waals surface area (Å²) in [5.74, 6) is -1.64. The summed E-state index contributed by atoms with van der Waals surface area (Å²) in [5.41, 5.74) is -0.307. The standard InChI is InChI=1S/C17H23NO4/c1-2-3-4-5-6-7-8-9-10-11-14(20)15-16(21)13(12-19)18-17(15)22/h6-11,13,19-20H,2-5,12H2,1H3,(H,18,22)/b7-6+,9-8+,11-10+,15-14-. The van der Waals surface area contributed by atoms with Gasteiger partial charge in [-0.3, -0.25) is 9.59 Å². The molecule has 0 aliphatic carbocycles. The van der Waals surface area contributed by atoms with E-state index < -0.39 is 30.1 Å². The van der Waals surface area contributed by atoms with Gasteiger partial charge in [-0.25, -0.2) is 0 Å². The third kappa shape index (κ3) is 5.33. The van der Waals surface area contributed by atoms with Crippen LogP contribution in [0.25, 0.3) is 0 Å². The molecule has 120 valence electrons. The highest BCUT2D eigenvalue weighted by atomic mass is 16.3. The first-order chi connectivity index (χ1) is 10.6. The lowest BCUT2D eigenvalue weighted by molar-refractivity contribution is -0.117. The predicted octanol–water partition coefficient (Wildman–Crippen LogP) is 2.11. The minimum absolute atomic E-state index is 0.307. The van der Waals surface area contributed by atoms with Crippen LogP contribution in [-0.4, -0.2) is 34.6 Å². The van der Waals surface area contributed by atoms with Gasteiger partial charge in [0.25, 0.3) is 5.91 Å². The highest BCUT2D eigenvalue weighted by Crippen LogP contribution is 2.14. The van der Waals surface area contributed by atoms with Crippen LogP contribution in [-0.2, 0) is 9.59 Å². The molecule has 3 N–H and O–H groups in total. The van der Waals surface area contributed by atoms with E-state index in [1.165, 1.54) is 25.3 Å². The van der Waals surface area contributed by atoms with Crippen molar-refractivity contribution in [2.75, 3.05) is 6.61 Å². The number of hydrogen-bond donors (Lipinski definition) is 3. The Bertz CT molecular complexity index is 515. The molecule has 5 nitrogen and oxygen atoms in total. The fraction of sp³-hybridized carbons (Fsp3) is 0.412. The summed E-state index contributed by atoms with van der Waals surface area (Å²) in [4.78, 5) is 23.3. The van der Waals surface area contributed by atoms with Crippen molar-refractivity contribution < 1.29 is 19.8 Å². The van der Waals surface area contributed by atoms with Crippen molar-refractivity contribution in [1.82, 2.24) is 5.32 Å². The molecule has 1 rings (SSSR count). The summed E-state index contributed by atoms with van der Waals surface area (Å²) in [7, 11) is 0. The molecule has 1 aliphatic heterocycles. The van der Waals surface area contributed by atoms with Crippen molar-refractivity contribution >= 4 is 11.7 Å². The number of amides is 1. The van der Waals surface area contributed by atoms with Gasteiger partial charge in [0.15, 0.2) is 5.78 Å². The number of hydrogen-bond acceptors (Lipinski definition) is 4. The number of aliphatic hydroxyl groups is 2. The summed E-state index contributed by atoms with van der Waals surface area (Å²) < 4.78 is 0. The smallest absolute Gasteiger partial charge is 0.259 e. The third-order valence-corrected chi connectivity index (χ3v) is 3.23. The molecule has 1 amide bonds. The Balaban J connectivity index is 2.53. The maximum atomic E-state index is 11.7. The molecule has 0 spiro atoms. The van der Waals surface area contributed by atoms with Crippen molar-refractivity contribution in [2.45, 2.75) is 38.6 Å². The van der Waals surface area contributed by atoms with E-state index in [1.54, 1.807) is 12.2 Å². The normalized spacial score (nSPS) is 21.5. The van der Waals surface area contributed by atoms with Crippen LogP contribution in [0.15, 0.2) is 47.8 Å². The van der Waals surface area contributed by atoms with E-state index in [-0.39, 0.29) is 5.57 Å². The number of ketones is 1. The predicted molar refractivity (Wildman–Crippen MR) is 85.2 cm³/mol. The van der Waals surface area contributed by atoms with Gasteiger partial charge in [0, 0.05) is 0 Å². The van der Waals surface area contributed by atoms with Gasteiger partial charge < -0.3 is 15.5 Å². The Morgan fingerprint density at radius 1 is 1.18 bits per heavy atom. The van der Waals surface area contributed by atoms with Gasteiger partial charge in [0.2, 0.25) is 0 Å². The Kier molecular flexibility index (Phi) is 7.92. The van der Waals surface area contributed by atoms with Crippen LogP contribution >= 0.6 is 0 Å². The third-order valence-electron chi connectivity index (χ3n) is 3.23. The molecule has 0 bridgehead atoms. The number of carbonyl (C=O) groups excluding carboxylic acids is 2. The molecule has 1 fully saturated rings. The van der Waals surface area contributed by atoms with Crippen molar-refractivity contribution in [3.63, 3.8) is 0 Å². The van der Waals surface area contributed by atoms with Gasteiger partial charge >= 0.3 is 0 Å². The topological polar surface area (TPSA) is 86.6 Å². The second-order valence-electron chi connectivity index (χ2n) is 5.00. The largest absolute Gasteiger partial charge is 0.507 e. The Morgan fingerprint density at radius 3 is 2.55 bits per heavy atom. The molecular weight excluding hydrogens is 282 g/mol. The molecule has 0 aromatic heterocycles. The quantitative estimate of drug-likeness (QED) is 0.211. The molecule has 1 atom stereocenters. The van der Waals surface area contributed by atoms with Crippen LogP contribution in [0, 0.1) is 0 Å². The van der Waals surface area contributed by atoms with Crippen molar-refractivity contribution in [1.29, 1.82) is 0 Å². The number of Topliss-reactive ketones (excluding diaryl/α,β-unsaturated/α-hetero) is 1. The van der Waals surface area contributed by atoms with Crippen molar-refractivity contribution in [3.05, 3.63) is 47.8 Å². The first kappa shape index (κ1) is 17.9. The zero-order chi connectivity index (χ0) is 16.4. The monoisotopic (exact) mass is 305 g/mol. The highest BCUT2D eigenvalue weighted by molar-refractivity contribution is 6.27. The van der Waals surface area contributed by atoms with Gasteiger partial charge in [-0.05, 0) is 18.9 Å². The zero-order valence-electron chi connectivity index (χ0n) is 12.8. The van der Waals surface area contributed by atoms with Crippen LogP contribution in [0.5, 0.6) is 0 Å². The van der Waals surface area contributed by atoms with E-state index in [4.69, 9.17) is 5.11 Å². The molecule has 1 aliphatic rings. The maximum absolute atomic E-state index is 11.7. The second kappa shape index (κ2) is 9.73. The molecule has 1 saturated heterocycles. The summed E-state index contributed by atoms with van der Waals surface area (Å²) >= 11 is 0. The van der Waals surface area contributed by atoms with E-state index in [2.05, 4.69) is 18.3 Å². The Labute approximate surface area is 130 Å². The molecule has 1 unspecified atom stereocenters. The maximum Gasteiger partial charge on any atom is 0.259 e. The van der Waals surface area contributed by atoms with Gasteiger partial charge in [-0.2, -0.15) is 0 Å². The number of aliphatic hydroxyl groups excluding tert-OH is 2. The van der Waals surface area contributed by atoms with E-state index >= 15 is 0 Å². The van der Waals surface area contributed by atoms with Crippen LogP contribution in [0.1, 0.15) is 32.6 Å². The minimum atomic E-state index is -0.959. The van der Waals surface area contributed by atoms with E-state index in [0.717, 1.165) is 6.42 Å². The second-order valence-corrected chi connectivity index (χ2v) is 5.00. The van der Waals surface area contributed by atoms with Crippen molar-refractivity contribution in [2.24, 2.45) is 0 Å². The van der Waals surface area contributed by atoms with E-state index in [0.29, 0.717) is 0 Å². The zero-order valence-corrected chi connectivity index (χ0v) is 12.8. The lowest BCUT2D eigenvalue weighted by Gasteiger charge is -2.00. The first-order valence-corrected chi connectivity index (χ1v) is 7.50. The van der Waals surface area contributed by atoms with Gasteiger partial charge in [-0.1, -0.05) is 50.1 Å². The summed E-state index contributed by atoms with van der Waals surface area (Å²) in [6.07, 6.45) is 15.0. The lowest BCUT2D eigenvalue weighted by Crippen LogP contribution is -2.32. The fourth-order valence-electron chi connectivity index (χ4n) is 2.00. The molecular formula is C17H23NO4. The molecule has 0 aromatic carbocycles. The average Bonchev–Trinajstić information content (AvgIpc) is 2.79. The molecule has 1 heterocycles. The number of nitrogens with one attached hydrogen (secondary N) is 1. The Hall–Kier alpha value is -2.14. The molecule has 0 radical (unpaired) electrons. The van der Waals surface area contributed by atoms with Crippen molar-refractivity contribution in [3.8, 4) is 0 Å². The molecule has 5 heteroatoms. The van der Waals surface area contributed by atoms with Crippen LogP contribution in [0.3, 0.4) is 0 Å². The number of allylic oxidation sites excluding steroid dienone is 6. The summed E-state index contributed by atoms with van der Waals surface area (Å²) in [5, 5.41) is 21.0. The van der Waals surface area contributed by atoms with Crippen LogP contribution in [0.4, 0.5) is 0 Å². The molecule has 0 saturated carbocycles. The van der Waals surface area contributed by atoms with Gasteiger partial charge in [-0.15, -0.1) is 0 Å². The summed E-state index contributed by atoms with van der Waals surface area (Å²) in [6.45, 7) is 1.68. The number of carbonyl (C=O) groups is 2. The number of rotatable bonds is 8. The van der Waals surface area contributed by atoms with Gasteiger partial charge in [0.05, 0.1) is 6.61 Å². The van der Waals surface area contributed by atoms with Crippen LogP contribution < -0.4 is 5.32 Å². The SMILES string of the molecule is CCCCC/C=C/C=C/C=C/C(O)=C1/C(=O)NC(CO)C1=O. The minimum Gasteiger partial charge on any atom is -0.507 e. The first-order valence-electron chi connectivity index (χ1n) is 7.50. The highest BCUT2D eigenvalue weighted by Gasteiger charge is 2.37. The number of unbranched alkanes of at least 4 members (excludes halogenated alkanes) is 3. The van der Waals surface area contributed by atoms with Gasteiger partial charge in [0.1, 0.15) is 17.4 Å². The Morgan fingerprint density at radius 2 is 1.91 bits per heavy atom. The fourth-order valence-corrected chi connectivity index (χ4v) is 2.00.